The molecule has 4 nitrogen and oxygen atoms in total. The van der Waals surface area contributed by atoms with Gasteiger partial charge < -0.3 is 10.1 Å². The Morgan fingerprint density at radius 3 is 2.62 bits per heavy atom. The molecule has 1 N–H and O–H groups in total. The van der Waals surface area contributed by atoms with Crippen molar-refractivity contribution in [3.8, 4) is 5.75 Å². The Hall–Kier alpha value is -3.12. The molecule has 0 saturated carbocycles. The molecule has 1 atom stereocenters. The number of carbonyl (C=O) groups excluding carboxylic acids is 1. The van der Waals surface area contributed by atoms with Gasteiger partial charge in [0.05, 0.1) is 5.56 Å². The van der Waals surface area contributed by atoms with E-state index in [1.807, 2.05) is 60.7 Å². The maximum Gasteiger partial charge on any atom is 0.259 e. The van der Waals surface area contributed by atoms with Gasteiger partial charge in [0.2, 0.25) is 0 Å². The number of para-hydroxylation sites is 1. The number of ether oxygens (including phenoxy) is 1. The van der Waals surface area contributed by atoms with Crippen LogP contribution in [0.4, 0.5) is 10.7 Å². The van der Waals surface area contributed by atoms with Crippen LogP contribution in [0.5, 0.6) is 5.75 Å². The molecular formula is C33H32Cl2N2O2S. The molecule has 0 unspecified atom stereocenters. The third kappa shape index (κ3) is 6.77. The molecule has 206 valence electrons. The van der Waals surface area contributed by atoms with Gasteiger partial charge in [-0.1, -0.05) is 80.4 Å². The van der Waals surface area contributed by atoms with Gasteiger partial charge in [0, 0.05) is 32.4 Å². The number of rotatable bonds is 7. The monoisotopic (exact) mass is 590 g/mol. The van der Waals surface area contributed by atoms with E-state index in [1.54, 1.807) is 29.7 Å². The molecule has 1 aliphatic carbocycles. The van der Waals surface area contributed by atoms with E-state index < -0.39 is 0 Å². The Balaban J connectivity index is 1.40. The van der Waals surface area contributed by atoms with Gasteiger partial charge in [-0.25, -0.2) is 4.99 Å². The molecule has 1 amide bonds. The summed E-state index contributed by atoms with van der Waals surface area (Å²) in [4.78, 5) is 19.7. The highest BCUT2D eigenvalue weighted by Gasteiger charge is 2.33. The Morgan fingerprint density at radius 2 is 1.88 bits per heavy atom. The summed E-state index contributed by atoms with van der Waals surface area (Å²) in [5, 5.41) is 4.98. The van der Waals surface area contributed by atoms with Gasteiger partial charge >= 0.3 is 0 Å². The molecule has 1 aliphatic rings. The molecule has 40 heavy (non-hydrogen) atoms. The molecule has 1 aromatic heterocycles. The van der Waals surface area contributed by atoms with E-state index in [4.69, 9.17) is 32.9 Å². The first kappa shape index (κ1) is 28.4. The van der Waals surface area contributed by atoms with Crippen LogP contribution in [-0.4, -0.2) is 12.1 Å². The van der Waals surface area contributed by atoms with E-state index in [1.165, 1.54) is 4.88 Å². The number of fused-ring (bicyclic) bond motifs is 1. The number of aliphatic imine (C=N–C) groups is 1. The number of benzene rings is 3. The predicted molar refractivity (Wildman–Crippen MR) is 168 cm³/mol. The Labute approximate surface area is 250 Å². The van der Waals surface area contributed by atoms with Gasteiger partial charge in [-0.15, -0.1) is 11.3 Å². The maximum absolute atomic E-state index is 13.6. The highest BCUT2D eigenvalue weighted by Crippen LogP contribution is 2.45. The number of anilines is 1. The van der Waals surface area contributed by atoms with E-state index in [0.717, 1.165) is 46.6 Å². The highest BCUT2D eigenvalue weighted by atomic mass is 35.5. The molecule has 0 spiro atoms. The number of thiophene rings is 1. The lowest BCUT2D eigenvalue weighted by atomic mass is 9.72. The first-order chi connectivity index (χ1) is 19.2. The zero-order valence-electron chi connectivity index (χ0n) is 22.8. The van der Waals surface area contributed by atoms with Crippen molar-refractivity contribution >= 4 is 57.3 Å². The fraction of sp³-hybridized carbons (Fsp3) is 0.273. The average Bonchev–Trinajstić information content (AvgIpc) is 3.30. The van der Waals surface area contributed by atoms with Crippen molar-refractivity contribution in [2.45, 2.75) is 46.6 Å². The number of nitrogens with zero attached hydrogens (tertiary/aromatic N) is 1. The second-order valence-electron chi connectivity index (χ2n) is 11.2. The molecular weight excluding hydrogens is 559 g/mol. The van der Waals surface area contributed by atoms with Crippen molar-refractivity contribution in [3.05, 3.63) is 110 Å². The molecule has 0 saturated heterocycles. The van der Waals surface area contributed by atoms with Crippen LogP contribution in [0.2, 0.25) is 10.0 Å². The van der Waals surface area contributed by atoms with Gasteiger partial charge in [-0.3, -0.25) is 4.79 Å². The smallest absolute Gasteiger partial charge is 0.259 e. The summed E-state index contributed by atoms with van der Waals surface area (Å²) < 4.78 is 5.99. The van der Waals surface area contributed by atoms with Gasteiger partial charge in [0.15, 0.2) is 0 Å². The quantitative estimate of drug-likeness (QED) is 0.218. The van der Waals surface area contributed by atoms with E-state index in [-0.39, 0.29) is 11.3 Å². The van der Waals surface area contributed by atoms with Crippen LogP contribution in [0.1, 0.15) is 59.1 Å². The SMILES string of the molecule is CC(C)(C)[C@H]1CCc2c(sc(N=Cc3cccc(OCc4ccc(Cl)cc4Cl)c3)c2C(=O)Nc2ccccc2)C1. The van der Waals surface area contributed by atoms with E-state index >= 15 is 0 Å². The van der Waals surface area contributed by atoms with Gasteiger partial charge in [0.25, 0.3) is 5.91 Å². The molecule has 5 rings (SSSR count). The van der Waals surface area contributed by atoms with Gasteiger partial charge in [0.1, 0.15) is 17.4 Å². The highest BCUT2D eigenvalue weighted by molar-refractivity contribution is 7.16. The summed E-state index contributed by atoms with van der Waals surface area (Å²) in [5.74, 6) is 1.17. The molecule has 3 aromatic carbocycles. The van der Waals surface area contributed by atoms with Crippen molar-refractivity contribution < 1.29 is 9.53 Å². The summed E-state index contributed by atoms with van der Waals surface area (Å²) >= 11 is 13.9. The topological polar surface area (TPSA) is 50.7 Å². The molecule has 4 aromatic rings. The Kier molecular flexibility index (Phi) is 8.65. The zero-order valence-corrected chi connectivity index (χ0v) is 25.2. The van der Waals surface area contributed by atoms with Crippen LogP contribution >= 0.6 is 34.5 Å². The van der Waals surface area contributed by atoms with Crippen LogP contribution < -0.4 is 10.1 Å². The molecule has 0 fully saturated rings. The number of hydrogen-bond acceptors (Lipinski definition) is 4. The van der Waals surface area contributed by atoms with Crippen molar-refractivity contribution in [1.82, 2.24) is 0 Å². The minimum absolute atomic E-state index is 0.109. The number of halogens is 2. The molecule has 1 heterocycles. The number of amides is 1. The van der Waals surface area contributed by atoms with Crippen molar-refractivity contribution in [2.24, 2.45) is 16.3 Å². The third-order valence-corrected chi connectivity index (χ3v) is 9.08. The molecule has 0 bridgehead atoms. The Morgan fingerprint density at radius 1 is 1.07 bits per heavy atom. The first-order valence-electron chi connectivity index (χ1n) is 13.4. The zero-order chi connectivity index (χ0) is 28.3. The number of hydrogen-bond donors (Lipinski definition) is 1. The van der Waals surface area contributed by atoms with Crippen LogP contribution in [0.25, 0.3) is 0 Å². The lowest BCUT2D eigenvalue weighted by Crippen LogP contribution is -2.27. The van der Waals surface area contributed by atoms with Crippen LogP contribution in [0.3, 0.4) is 0 Å². The van der Waals surface area contributed by atoms with E-state index in [9.17, 15) is 4.79 Å². The summed E-state index contributed by atoms with van der Waals surface area (Å²) in [5.41, 5.74) is 4.57. The van der Waals surface area contributed by atoms with Gasteiger partial charge in [-0.05, 0) is 78.1 Å². The van der Waals surface area contributed by atoms with Crippen molar-refractivity contribution in [1.29, 1.82) is 0 Å². The van der Waals surface area contributed by atoms with Crippen LogP contribution in [0.15, 0.2) is 77.8 Å². The van der Waals surface area contributed by atoms with Crippen molar-refractivity contribution in [3.63, 3.8) is 0 Å². The lowest BCUT2D eigenvalue weighted by molar-refractivity contribution is 0.102. The molecule has 7 heteroatoms. The maximum atomic E-state index is 13.6. The van der Waals surface area contributed by atoms with Gasteiger partial charge in [-0.2, -0.15) is 0 Å². The fourth-order valence-corrected chi connectivity index (χ4v) is 6.70. The minimum atomic E-state index is -0.109. The lowest BCUT2D eigenvalue weighted by Gasteiger charge is -2.33. The predicted octanol–water partition coefficient (Wildman–Crippen LogP) is 9.79. The molecule has 0 aliphatic heterocycles. The second kappa shape index (κ2) is 12.2. The van der Waals surface area contributed by atoms with Crippen molar-refractivity contribution in [2.75, 3.05) is 5.32 Å². The second-order valence-corrected chi connectivity index (χ2v) is 13.1. The standard InChI is InChI=1S/C33H32Cl2N2O2S/c1-33(2,3)23-13-15-27-29(17-23)40-32(30(27)31(38)37-25-9-5-4-6-10-25)36-19-21-8-7-11-26(16-21)39-20-22-12-14-24(34)18-28(22)35/h4-12,14,16,18-19,23H,13,15,17,20H2,1-3H3,(H,37,38)/t23-/m0/s1. The summed E-state index contributed by atoms with van der Waals surface area (Å²) in [6, 6.07) is 22.7. The number of carbonyl (C=O) groups is 1. The summed E-state index contributed by atoms with van der Waals surface area (Å²) in [7, 11) is 0. The molecule has 0 radical (unpaired) electrons. The summed E-state index contributed by atoms with van der Waals surface area (Å²) in [6.07, 6.45) is 4.73. The minimum Gasteiger partial charge on any atom is -0.489 e. The Bertz CT molecular complexity index is 1540. The number of nitrogens with one attached hydrogen (secondary N) is 1. The summed E-state index contributed by atoms with van der Waals surface area (Å²) in [6.45, 7) is 7.23. The average molecular weight is 592 g/mol. The largest absolute Gasteiger partial charge is 0.489 e. The normalized spacial score (nSPS) is 15.2. The third-order valence-electron chi connectivity index (χ3n) is 7.33. The first-order valence-corrected chi connectivity index (χ1v) is 15.0. The fourth-order valence-electron chi connectivity index (χ4n) is 4.97. The van der Waals surface area contributed by atoms with Crippen LogP contribution in [-0.2, 0) is 19.4 Å². The van der Waals surface area contributed by atoms with E-state index in [2.05, 4.69) is 26.1 Å². The van der Waals surface area contributed by atoms with Crippen LogP contribution in [0, 0.1) is 11.3 Å². The van der Waals surface area contributed by atoms with E-state index in [0.29, 0.717) is 33.9 Å².